The fraction of sp³-hybridized carbons (Fsp3) is 0.594. The third-order valence-corrected chi connectivity index (χ3v) is 4.00. The van der Waals surface area contributed by atoms with Gasteiger partial charge < -0.3 is 0 Å². The van der Waals surface area contributed by atoms with Crippen molar-refractivity contribution in [2.75, 3.05) is 0 Å². The van der Waals surface area contributed by atoms with Crippen LogP contribution in [0.25, 0.3) is 0 Å². The van der Waals surface area contributed by atoms with Gasteiger partial charge in [-0.1, -0.05) is 117 Å². The Bertz CT molecular complexity index is 712. The molecule has 0 amide bonds. The average Bonchev–Trinajstić information content (AvgIpc) is 2.89. The topological polar surface area (TPSA) is 64.5 Å². The monoisotopic (exact) mass is 513 g/mol. The molecule has 0 aromatic carbocycles. The molecule has 0 saturated carbocycles. The minimum absolute atomic E-state index is 0. The second-order valence-corrected chi connectivity index (χ2v) is 10.1. The van der Waals surface area contributed by atoms with Crippen LogP contribution in [0.15, 0.2) is 61.4 Å². The molecule has 0 fully saturated rings. The zero-order valence-corrected chi connectivity index (χ0v) is 26.0. The van der Waals surface area contributed by atoms with Gasteiger partial charge in [-0.15, -0.1) is 0 Å². The first kappa shape index (κ1) is 41.4. The molecule has 0 aliphatic heterocycles. The molecule has 5 heteroatoms. The lowest BCUT2D eigenvalue weighted by atomic mass is 9.92. The van der Waals surface area contributed by atoms with E-state index in [2.05, 4.69) is 93.3 Å². The van der Waals surface area contributed by atoms with Crippen molar-refractivity contribution >= 4 is 0 Å². The predicted octanol–water partition coefficient (Wildman–Crippen LogP) is 9.64. The Kier molecular flexibility index (Phi) is 25.2. The van der Waals surface area contributed by atoms with Gasteiger partial charge in [-0.25, -0.2) is 9.97 Å². The van der Waals surface area contributed by atoms with Gasteiger partial charge in [0.1, 0.15) is 5.82 Å². The van der Waals surface area contributed by atoms with E-state index in [4.69, 9.17) is 0 Å². The fourth-order valence-corrected chi connectivity index (χ4v) is 2.18. The summed E-state index contributed by atoms with van der Waals surface area (Å²) in [5, 5.41) is 0. The first-order valence-corrected chi connectivity index (χ1v) is 13.3. The number of hydrogen-bond acceptors (Lipinski definition) is 5. The number of aromatic nitrogens is 5. The summed E-state index contributed by atoms with van der Waals surface area (Å²) in [5.74, 6) is 0.898. The van der Waals surface area contributed by atoms with Gasteiger partial charge >= 0.3 is 0 Å². The van der Waals surface area contributed by atoms with Crippen LogP contribution in [0.2, 0.25) is 0 Å². The molecule has 0 unspecified atom stereocenters. The Morgan fingerprint density at radius 3 is 1.14 bits per heavy atom. The van der Waals surface area contributed by atoms with E-state index < -0.39 is 0 Å². The molecule has 3 heterocycles. The first-order chi connectivity index (χ1) is 16.8. The van der Waals surface area contributed by atoms with Crippen LogP contribution in [0.5, 0.6) is 0 Å². The summed E-state index contributed by atoms with van der Waals surface area (Å²) in [4.78, 5) is 20.7. The van der Waals surface area contributed by atoms with Crippen LogP contribution in [0.4, 0.5) is 0 Å². The van der Waals surface area contributed by atoms with Gasteiger partial charge in [-0.2, -0.15) is 0 Å². The molecule has 0 aliphatic carbocycles. The van der Waals surface area contributed by atoms with Gasteiger partial charge in [-0.3, -0.25) is 15.0 Å². The smallest absolute Gasteiger partial charge is 0.133 e. The van der Waals surface area contributed by atoms with Crippen molar-refractivity contribution in [3.8, 4) is 0 Å². The molecular weight excluding hydrogens is 454 g/mol. The van der Waals surface area contributed by atoms with Gasteiger partial charge in [0.25, 0.3) is 0 Å². The van der Waals surface area contributed by atoms with Crippen LogP contribution in [0.1, 0.15) is 128 Å². The molecule has 0 bridgehead atoms. The molecule has 5 nitrogen and oxygen atoms in total. The van der Waals surface area contributed by atoms with Gasteiger partial charge in [0.15, 0.2) is 0 Å². The highest BCUT2D eigenvalue weighted by molar-refractivity contribution is 5.12. The van der Waals surface area contributed by atoms with E-state index in [0.717, 1.165) is 17.2 Å². The highest BCUT2D eigenvalue weighted by atomic mass is 14.9. The predicted molar refractivity (Wildman–Crippen MR) is 165 cm³/mol. The maximum atomic E-state index is 4.25. The number of pyridine rings is 1. The van der Waals surface area contributed by atoms with Crippen molar-refractivity contribution in [3.63, 3.8) is 0 Å². The van der Waals surface area contributed by atoms with Crippen LogP contribution in [-0.2, 0) is 16.2 Å². The Labute approximate surface area is 231 Å². The quantitative estimate of drug-likeness (QED) is 0.299. The maximum absolute atomic E-state index is 4.25. The molecule has 3 aromatic rings. The number of hydrogen-bond donors (Lipinski definition) is 0. The summed E-state index contributed by atoms with van der Waals surface area (Å²) in [6, 6.07) is 7.85. The van der Waals surface area contributed by atoms with E-state index in [1.807, 2.05) is 65.9 Å². The average molecular weight is 514 g/mol. The van der Waals surface area contributed by atoms with Crippen molar-refractivity contribution in [3.05, 3.63) is 78.7 Å². The summed E-state index contributed by atoms with van der Waals surface area (Å²) < 4.78 is 0. The Hall–Kier alpha value is -2.69. The molecule has 0 aliphatic rings. The van der Waals surface area contributed by atoms with E-state index in [9.17, 15) is 0 Å². The maximum Gasteiger partial charge on any atom is 0.133 e. The minimum Gasteiger partial charge on any atom is -0.261 e. The van der Waals surface area contributed by atoms with Crippen LogP contribution < -0.4 is 0 Å². The Morgan fingerprint density at radius 1 is 0.459 bits per heavy atom. The fourth-order valence-electron chi connectivity index (χ4n) is 2.18. The SMILES string of the molecule is C.CC.CC.CC.CC(C)(C)c1ccccn1.CC(C)(C)c1cnccn1.CC(C)(C)c1ncccn1. The normalized spacial score (nSPS) is 9.81. The Morgan fingerprint density at radius 2 is 0.892 bits per heavy atom. The van der Waals surface area contributed by atoms with Crippen molar-refractivity contribution in [1.82, 2.24) is 24.9 Å². The Balaban J connectivity index is -0.000000197. The molecule has 0 radical (unpaired) electrons. The van der Waals surface area contributed by atoms with Crippen LogP contribution >= 0.6 is 0 Å². The van der Waals surface area contributed by atoms with Gasteiger partial charge in [0.05, 0.1) is 5.69 Å². The zero-order valence-electron chi connectivity index (χ0n) is 26.0. The lowest BCUT2D eigenvalue weighted by Gasteiger charge is -2.16. The van der Waals surface area contributed by atoms with Crippen molar-refractivity contribution in [2.45, 2.75) is 128 Å². The van der Waals surface area contributed by atoms with Crippen molar-refractivity contribution in [1.29, 1.82) is 0 Å². The van der Waals surface area contributed by atoms with Crippen LogP contribution in [0, 0.1) is 0 Å². The van der Waals surface area contributed by atoms with E-state index in [0.29, 0.717) is 0 Å². The third kappa shape index (κ3) is 21.1. The highest BCUT2D eigenvalue weighted by Gasteiger charge is 2.15. The largest absolute Gasteiger partial charge is 0.261 e. The summed E-state index contributed by atoms with van der Waals surface area (Å²) >= 11 is 0. The number of rotatable bonds is 0. The minimum atomic E-state index is 0. The van der Waals surface area contributed by atoms with E-state index >= 15 is 0 Å². The van der Waals surface area contributed by atoms with Gasteiger partial charge in [0.2, 0.25) is 0 Å². The molecule has 0 N–H and O–H groups in total. The lowest BCUT2D eigenvalue weighted by molar-refractivity contribution is 0.545. The molecular formula is C32H59N5. The van der Waals surface area contributed by atoms with E-state index in [1.165, 1.54) is 0 Å². The van der Waals surface area contributed by atoms with Gasteiger partial charge in [-0.05, 0) is 18.2 Å². The van der Waals surface area contributed by atoms with Crippen molar-refractivity contribution in [2.24, 2.45) is 0 Å². The summed E-state index contributed by atoms with van der Waals surface area (Å²) in [5.41, 5.74) is 2.56. The van der Waals surface area contributed by atoms with Crippen LogP contribution in [-0.4, -0.2) is 24.9 Å². The molecule has 0 atom stereocenters. The molecule has 0 saturated heterocycles. The number of nitrogens with zero attached hydrogens (tertiary/aromatic N) is 5. The third-order valence-electron chi connectivity index (χ3n) is 4.00. The molecule has 3 rings (SSSR count). The second-order valence-electron chi connectivity index (χ2n) is 10.1. The summed E-state index contributed by atoms with van der Waals surface area (Å²) in [7, 11) is 0. The van der Waals surface area contributed by atoms with Crippen molar-refractivity contribution < 1.29 is 0 Å². The second kappa shape index (κ2) is 22.5. The van der Waals surface area contributed by atoms with Gasteiger partial charge in [0, 0.05) is 59.1 Å². The molecule has 212 valence electrons. The highest BCUT2D eigenvalue weighted by Crippen LogP contribution is 2.19. The summed E-state index contributed by atoms with van der Waals surface area (Å²) in [6.07, 6.45) is 10.6. The molecule has 37 heavy (non-hydrogen) atoms. The molecule has 0 spiro atoms. The summed E-state index contributed by atoms with van der Waals surface area (Å²) in [6.45, 7) is 31.2. The van der Waals surface area contributed by atoms with E-state index in [-0.39, 0.29) is 23.7 Å². The standard InChI is InChI=1S/C9H13N.2C8H12N2.3C2H6.CH4/c1-9(2,3)8-6-4-5-7-10-8;1-8(2,3)7-6-9-4-5-10-7;1-8(2,3)7-9-5-4-6-10-7;3*1-2;/h4-7H,1-3H3;2*4-6H,1-3H3;3*1-2H3;1H4. The van der Waals surface area contributed by atoms with Crippen LogP contribution in [0.3, 0.4) is 0 Å². The van der Waals surface area contributed by atoms with E-state index in [1.54, 1.807) is 31.0 Å². The first-order valence-electron chi connectivity index (χ1n) is 13.3. The molecule has 3 aromatic heterocycles. The zero-order chi connectivity index (χ0) is 28.8. The lowest BCUT2D eigenvalue weighted by Crippen LogP contribution is -2.14.